The van der Waals surface area contributed by atoms with Crippen molar-refractivity contribution in [3.05, 3.63) is 0 Å². The second kappa shape index (κ2) is 12.6. The fourth-order valence-electron chi connectivity index (χ4n) is 2.81. The van der Waals surface area contributed by atoms with Gasteiger partial charge in [-0.15, -0.1) is 17.6 Å². The van der Waals surface area contributed by atoms with Crippen molar-refractivity contribution in [2.24, 2.45) is 17.6 Å². The Balaban J connectivity index is 7.91. The van der Waals surface area contributed by atoms with Gasteiger partial charge in [-0.05, 0) is 0 Å². The molecule has 0 N–H and O–H groups in total. The molecule has 12 nitrogen and oxygen atoms in total. The van der Waals surface area contributed by atoms with Crippen LogP contribution in [0.2, 0.25) is 0 Å². The van der Waals surface area contributed by atoms with Gasteiger partial charge in [-0.25, -0.2) is 0 Å². The van der Waals surface area contributed by atoms with Crippen LogP contribution in [0.1, 0.15) is 0 Å². The minimum Gasteiger partial charge on any atom is -0.348 e. The molecule has 194 valence electrons. The highest BCUT2D eigenvalue weighted by molar-refractivity contribution is 8.29. The summed E-state index contributed by atoms with van der Waals surface area (Å²) in [6.07, 6.45) is 0. The first-order chi connectivity index (χ1) is 15.0. The summed E-state index contributed by atoms with van der Waals surface area (Å²) in [6.45, 7) is 0. The largest absolute Gasteiger partial charge is 0.348 e. The van der Waals surface area contributed by atoms with E-state index >= 15 is 0 Å². The number of nitrogens with zero attached hydrogens (tertiary/aromatic N) is 12. The molecule has 13 heteroatoms. The van der Waals surface area contributed by atoms with Gasteiger partial charge in [0.15, 0.2) is 10.8 Å². The minimum absolute atomic E-state index is 0.715. The minimum atomic E-state index is -2.74. The van der Waals surface area contributed by atoms with Gasteiger partial charge in [0.2, 0.25) is 23.8 Å². The Hall–Kier alpha value is -2.57. The second-order valence-corrected chi connectivity index (χ2v) is 10.9. The maximum absolute atomic E-state index is 5.15. The van der Waals surface area contributed by atoms with Crippen LogP contribution < -0.4 is 0 Å². The van der Waals surface area contributed by atoms with Crippen molar-refractivity contribution in [3.63, 3.8) is 0 Å². The summed E-state index contributed by atoms with van der Waals surface area (Å²) in [6, 6.07) is 0. The quantitative estimate of drug-likeness (QED) is 0.415. The Morgan fingerprint density at radius 3 is 0.515 bits per heavy atom. The Kier molecular flexibility index (Phi) is 11.6. The predicted octanol–water partition coefficient (Wildman–Crippen LogP) is 0.368. The van der Waals surface area contributed by atoms with Gasteiger partial charge in [0.25, 0.3) is 0 Å². The summed E-state index contributed by atoms with van der Waals surface area (Å²) in [5.74, 6) is 2.86. The highest BCUT2D eigenvalue weighted by Crippen LogP contribution is 2.56. The molecule has 0 unspecified atom stereocenters. The summed E-state index contributed by atoms with van der Waals surface area (Å²) in [4.78, 5) is 15.6. The second-order valence-electron chi connectivity index (χ2n) is 9.21. The monoisotopic (exact) mass is 488 g/mol. The van der Waals surface area contributed by atoms with Crippen molar-refractivity contribution >= 4 is 34.6 Å². The van der Waals surface area contributed by atoms with Gasteiger partial charge < -0.3 is 39.2 Å². The summed E-state index contributed by atoms with van der Waals surface area (Å²) < 4.78 is 20.6. The van der Waals surface area contributed by atoms with E-state index in [1.54, 1.807) is 0 Å². The van der Waals surface area contributed by atoms with E-state index in [1.165, 1.54) is 0 Å². The molecule has 0 atom stereocenters. The van der Waals surface area contributed by atoms with Crippen molar-refractivity contribution < 1.29 is 0 Å². The van der Waals surface area contributed by atoms with Gasteiger partial charge in [-0.2, -0.15) is 0 Å². The summed E-state index contributed by atoms with van der Waals surface area (Å²) in [5, 5.41) is 0. The van der Waals surface area contributed by atoms with Crippen molar-refractivity contribution in [2.45, 2.75) is 0 Å². The molecule has 0 aliphatic rings. The molecule has 0 spiro atoms. The van der Waals surface area contributed by atoms with Gasteiger partial charge >= 0.3 is 0 Å². The highest BCUT2D eigenvalue weighted by Gasteiger charge is 2.30. The molecule has 0 saturated carbocycles. The van der Waals surface area contributed by atoms with Crippen molar-refractivity contribution in [1.29, 1.82) is 0 Å². The Labute approximate surface area is 204 Å². The lowest BCUT2D eigenvalue weighted by atomic mass is 10.7. The maximum atomic E-state index is 5.15. The van der Waals surface area contributed by atoms with Crippen LogP contribution in [0.15, 0.2) is 17.6 Å². The van der Waals surface area contributed by atoms with Gasteiger partial charge in [0, 0.05) is 113 Å². The number of hydrogen-bond donors (Lipinski definition) is 0. The van der Waals surface area contributed by atoms with Crippen LogP contribution in [-0.2, 0) is 0 Å². The maximum Gasteiger partial charge on any atom is 0.210 e. The van der Waals surface area contributed by atoms with Crippen LogP contribution in [0.4, 0.5) is 0 Å². The van der Waals surface area contributed by atoms with E-state index in [9.17, 15) is 0 Å². The molecule has 0 bridgehead atoms. The normalized spacial score (nSPS) is 10.9. The van der Waals surface area contributed by atoms with E-state index in [1.807, 2.05) is 152 Å². The molecule has 33 heavy (non-hydrogen) atoms. The molecule has 0 aromatic rings. The molecular formula is C20H48N12S. The van der Waals surface area contributed by atoms with Gasteiger partial charge in [-0.1, -0.05) is 0 Å². The van der Waals surface area contributed by atoms with E-state index in [-0.39, 0.29) is 0 Å². The lowest BCUT2D eigenvalue weighted by Gasteiger charge is -2.34. The van der Waals surface area contributed by atoms with E-state index < -0.39 is 10.8 Å². The van der Waals surface area contributed by atoms with E-state index in [0.29, 0.717) is 23.8 Å². The molecule has 0 fully saturated rings. The van der Waals surface area contributed by atoms with Crippen LogP contribution in [0.5, 0.6) is 0 Å². The molecule has 0 rings (SSSR count). The van der Waals surface area contributed by atoms with Crippen molar-refractivity contribution in [1.82, 2.24) is 39.2 Å². The topological polar surface area (TPSA) is 75.4 Å². The van der Waals surface area contributed by atoms with Crippen molar-refractivity contribution in [2.75, 3.05) is 113 Å². The molecule has 0 saturated heterocycles. The smallest absolute Gasteiger partial charge is 0.210 e. The average Bonchev–Trinajstić information content (AvgIpc) is 2.64. The first kappa shape index (κ1) is 30.4. The van der Waals surface area contributed by atoms with Crippen LogP contribution in [-0.4, -0.2) is 176 Å². The predicted molar refractivity (Wildman–Crippen MR) is 147 cm³/mol. The third-order valence-corrected chi connectivity index (χ3v) is 5.65. The number of rotatable bonds is 4. The molecule has 0 heterocycles. The zero-order valence-corrected chi connectivity index (χ0v) is 24.6. The van der Waals surface area contributed by atoms with Crippen LogP contribution in [0, 0.1) is 0 Å². The molecule has 0 aromatic heterocycles. The summed E-state index contributed by atoms with van der Waals surface area (Å²) in [5.41, 5.74) is 0. The molecule has 0 aromatic carbocycles. The summed E-state index contributed by atoms with van der Waals surface area (Å²) in [7, 11) is 28.5. The Morgan fingerprint density at radius 2 is 0.424 bits per heavy atom. The van der Waals surface area contributed by atoms with Gasteiger partial charge in [-0.3, -0.25) is 0 Å². The first-order valence-corrected chi connectivity index (χ1v) is 12.0. The molecule has 0 radical (unpaired) electrons. The van der Waals surface area contributed by atoms with E-state index in [4.69, 9.17) is 17.6 Å². The number of guanidine groups is 4. The SMILES string of the molecule is CN(C)C(=NS(N=C(N(C)C)N(C)C)(N=C(N(C)C)N(C)C)N=C(N(C)C)N(C)C)N(C)C. The van der Waals surface area contributed by atoms with E-state index in [0.717, 1.165) is 0 Å². The first-order valence-electron chi connectivity index (χ1n) is 10.6. The number of hydrogen-bond acceptors (Lipinski definition) is 4. The zero-order valence-electron chi connectivity index (χ0n) is 23.8. The Bertz CT molecular complexity index is 568. The van der Waals surface area contributed by atoms with Crippen LogP contribution >= 0.6 is 10.8 Å². The van der Waals surface area contributed by atoms with Crippen LogP contribution in [0.3, 0.4) is 0 Å². The molecular weight excluding hydrogens is 440 g/mol. The fourth-order valence-corrected chi connectivity index (χ4v) is 5.24. The lowest BCUT2D eigenvalue weighted by molar-refractivity contribution is 0.480. The van der Waals surface area contributed by atoms with E-state index in [2.05, 4.69) is 0 Å². The third kappa shape index (κ3) is 9.06. The highest BCUT2D eigenvalue weighted by atomic mass is 32.3. The molecule has 0 aliphatic heterocycles. The average molecular weight is 489 g/mol. The molecule has 0 aliphatic carbocycles. The lowest BCUT2D eigenvalue weighted by Crippen LogP contribution is -2.39. The summed E-state index contributed by atoms with van der Waals surface area (Å²) >= 11 is 0. The van der Waals surface area contributed by atoms with Crippen LogP contribution in [0.25, 0.3) is 0 Å². The van der Waals surface area contributed by atoms with Crippen molar-refractivity contribution in [3.8, 4) is 0 Å². The van der Waals surface area contributed by atoms with Gasteiger partial charge in [0.1, 0.15) is 0 Å². The van der Waals surface area contributed by atoms with Gasteiger partial charge in [0.05, 0.1) is 0 Å². The Morgan fingerprint density at radius 1 is 0.303 bits per heavy atom. The molecule has 0 amide bonds. The standard InChI is InChI=1S/C20H48N12S/c1-25(2)17(26(3)4)21-33(22-18(27(5)6)28(7)8,23-19(29(9)10)30(11)12)24-20(31(13)14)32(15)16/h1-16H3. The third-order valence-electron chi connectivity index (χ3n) is 4.02. The zero-order chi connectivity index (χ0) is 26.3. The fraction of sp³-hybridized carbons (Fsp3) is 0.800.